The van der Waals surface area contributed by atoms with Crippen molar-refractivity contribution in [1.29, 1.82) is 0 Å². The molecule has 4 nitrogen and oxygen atoms in total. The van der Waals surface area contributed by atoms with E-state index in [0.717, 1.165) is 5.69 Å². The SMILES string of the molecule is O=C(NCCc1cn2cc(Cl)cc(Cl)c2n1)c1cccc(Cl)c1. The van der Waals surface area contributed by atoms with E-state index in [-0.39, 0.29) is 5.91 Å². The van der Waals surface area contributed by atoms with Crippen LogP contribution in [0.4, 0.5) is 0 Å². The second kappa shape index (κ2) is 6.79. The molecule has 118 valence electrons. The van der Waals surface area contributed by atoms with Gasteiger partial charge in [-0.15, -0.1) is 0 Å². The highest BCUT2D eigenvalue weighted by atomic mass is 35.5. The molecule has 0 atom stereocenters. The molecule has 23 heavy (non-hydrogen) atoms. The number of rotatable bonds is 4. The zero-order valence-corrected chi connectivity index (χ0v) is 14.2. The van der Waals surface area contributed by atoms with E-state index in [2.05, 4.69) is 10.3 Å². The number of nitrogens with zero attached hydrogens (tertiary/aromatic N) is 2. The van der Waals surface area contributed by atoms with Gasteiger partial charge in [0.25, 0.3) is 5.91 Å². The number of amides is 1. The van der Waals surface area contributed by atoms with Crippen molar-refractivity contribution in [1.82, 2.24) is 14.7 Å². The van der Waals surface area contributed by atoms with Gasteiger partial charge in [0, 0.05) is 35.9 Å². The third-order valence-corrected chi connectivity index (χ3v) is 4.00. The van der Waals surface area contributed by atoms with Crippen LogP contribution in [0.1, 0.15) is 16.1 Å². The molecule has 0 fully saturated rings. The summed E-state index contributed by atoms with van der Waals surface area (Å²) in [6.07, 6.45) is 4.17. The summed E-state index contributed by atoms with van der Waals surface area (Å²) in [6, 6.07) is 8.46. The molecule has 0 aliphatic rings. The molecule has 0 unspecified atom stereocenters. The second-order valence-electron chi connectivity index (χ2n) is 4.99. The van der Waals surface area contributed by atoms with Crippen molar-refractivity contribution in [3.05, 3.63) is 69.1 Å². The molecule has 0 spiro atoms. The van der Waals surface area contributed by atoms with Crippen LogP contribution in [0, 0.1) is 0 Å². The number of imidazole rings is 1. The molecule has 0 aliphatic carbocycles. The summed E-state index contributed by atoms with van der Waals surface area (Å²) >= 11 is 17.9. The minimum atomic E-state index is -0.169. The predicted molar refractivity (Wildman–Crippen MR) is 92.7 cm³/mol. The number of hydrogen-bond donors (Lipinski definition) is 1. The first-order valence-corrected chi connectivity index (χ1v) is 8.03. The number of benzene rings is 1. The average Bonchev–Trinajstić information content (AvgIpc) is 2.90. The highest BCUT2D eigenvalue weighted by molar-refractivity contribution is 6.36. The fourth-order valence-corrected chi connectivity index (χ4v) is 2.95. The van der Waals surface area contributed by atoms with Gasteiger partial charge >= 0.3 is 0 Å². The zero-order valence-electron chi connectivity index (χ0n) is 11.9. The van der Waals surface area contributed by atoms with E-state index in [0.29, 0.717) is 39.2 Å². The van der Waals surface area contributed by atoms with Gasteiger partial charge in [0.1, 0.15) is 0 Å². The van der Waals surface area contributed by atoms with Gasteiger partial charge in [0.05, 0.1) is 15.7 Å². The highest BCUT2D eigenvalue weighted by Gasteiger charge is 2.08. The van der Waals surface area contributed by atoms with Crippen LogP contribution in [0.2, 0.25) is 15.1 Å². The van der Waals surface area contributed by atoms with Gasteiger partial charge in [-0.3, -0.25) is 4.79 Å². The molecule has 7 heteroatoms. The smallest absolute Gasteiger partial charge is 0.251 e. The van der Waals surface area contributed by atoms with Crippen LogP contribution in [0.25, 0.3) is 5.65 Å². The van der Waals surface area contributed by atoms with Crippen molar-refractivity contribution >= 4 is 46.4 Å². The molecule has 0 bridgehead atoms. The molecule has 3 aromatic rings. The third kappa shape index (κ3) is 3.78. The minimum Gasteiger partial charge on any atom is -0.352 e. The zero-order chi connectivity index (χ0) is 16.4. The van der Waals surface area contributed by atoms with Crippen molar-refractivity contribution < 1.29 is 4.79 Å². The van der Waals surface area contributed by atoms with E-state index < -0.39 is 0 Å². The summed E-state index contributed by atoms with van der Waals surface area (Å²) in [5.41, 5.74) is 2.00. The van der Waals surface area contributed by atoms with Gasteiger partial charge in [-0.25, -0.2) is 4.98 Å². The van der Waals surface area contributed by atoms with E-state index in [9.17, 15) is 4.79 Å². The summed E-state index contributed by atoms with van der Waals surface area (Å²) < 4.78 is 1.78. The average molecular weight is 369 g/mol. The largest absolute Gasteiger partial charge is 0.352 e. The standard InChI is InChI=1S/C16H12Cl3N3O/c17-11-3-1-2-10(6-11)16(23)20-5-4-13-9-22-8-12(18)7-14(19)15(22)21-13/h1-3,6-9H,4-5H2,(H,20,23). The van der Waals surface area contributed by atoms with Crippen LogP contribution < -0.4 is 5.32 Å². The lowest BCUT2D eigenvalue weighted by Gasteiger charge is -2.04. The molecule has 1 N–H and O–H groups in total. The predicted octanol–water partition coefficient (Wildman–Crippen LogP) is 4.27. The number of fused-ring (bicyclic) bond motifs is 1. The number of halogens is 3. The summed E-state index contributed by atoms with van der Waals surface area (Å²) in [5.74, 6) is -0.169. The van der Waals surface area contributed by atoms with E-state index in [4.69, 9.17) is 34.8 Å². The molecular weight excluding hydrogens is 357 g/mol. The fraction of sp³-hybridized carbons (Fsp3) is 0.125. The van der Waals surface area contributed by atoms with Crippen molar-refractivity contribution in [2.75, 3.05) is 6.54 Å². The van der Waals surface area contributed by atoms with Gasteiger partial charge in [0.2, 0.25) is 0 Å². The van der Waals surface area contributed by atoms with Crippen molar-refractivity contribution in [3.8, 4) is 0 Å². The summed E-state index contributed by atoms with van der Waals surface area (Å²) in [4.78, 5) is 16.5. The molecule has 0 saturated heterocycles. The Bertz CT molecular complexity index is 876. The van der Waals surface area contributed by atoms with E-state index in [1.165, 1.54) is 0 Å². The molecule has 2 aromatic heterocycles. The Morgan fingerprint density at radius 3 is 2.74 bits per heavy atom. The topological polar surface area (TPSA) is 46.4 Å². The molecule has 1 aromatic carbocycles. The summed E-state index contributed by atoms with van der Waals surface area (Å²) in [6.45, 7) is 0.459. The maximum absolute atomic E-state index is 12.0. The van der Waals surface area contributed by atoms with E-state index in [1.54, 1.807) is 40.9 Å². The third-order valence-electron chi connectivity index (χ3n) is 3.28. The van der Waals surface area contributed by atoms with Crippen LogP contribution in [0.15, 0.2) is 42.7 Å². The molecule has 0 aliphatic heterocycles. The number of aromatic nitrogens is 2. The molecule has 3 rings (SSSR count). The van der Waals surface area contributed by atoms with Crippen LogP contribution in [-0.4, -0.2) is 21.8 Å². The first kappa shape index (κ1) is 16.1. The van der Waals surface area contributed by atoms with Crippen LogP contribution >= 0.6 is 34.8 Å². The summed E-state index contributed by atoms with van der Waals surface area (Å²) in [5, 5.41) is 4.41. The van der Waals surface area contributed by atoms with Crippen LogP contribution in [0.3, 0.4) is 0 Å². The monoisotopic (exact) mass is 367 g/mol. The number of nitrogens with one attached hydrogen (secondary N) is 1. The Morgan fingerprint density at radius 2 is 1.96 bits per heavy atom. The second-order valence-corrected chi connectivity index (χ2v) is 6.27. The Morgan fingerprint density at radius 1 is 1.13 bits per heavy atom. The number of pyridine rings is 1. The quantitative estimate of drug-likeness (QED) is 0.747. The summed E-state index contributed by atoms with van der Waals surface area (Å²) in [7, 11) is 0. The van der Waals surface area contributed by atoms with Gasteiger partial charge < -0.3 is 9.72 Å². The van der Waals surface area contributed by atoms with Crippen molar-refractivity contribution in [2.45, 2.75) is 6.42 Å². The fourth-order valence-electron chi connectivity index (χ4n) is 2.23. The van der Waals surface area contributed by atoms with Crippen molar-refractivity contribution in [2.24, 2.45) is 0 Å². The molecular formula is C16H12Cl3N3O. The van der Waals surface area contributed by atoms with Gasteiger partial charge in [-0.2, -0.15) is 0 Å². The molecule has 0 saturated carbocycles. The van der Waals surface area contributed by atoms with E-state index >= 15 is 0 Å². The van der Waals surface area contributed by atoms with Gasteiger partial charge in [-0.05, 0) is 24.3 Å². The lowest BCUT2D eigenvalue weighted by molar-refractivity contribution is 0.0954. The lowest BCUT2D eigenvalue weighted by atomic mass is 10.2. The van der Waals surface area contributed by atoms with Gasteiger partial charge in [0.15, 0.2) is 5.65 Å². The van der Waals surface area contributed by atoms with Crippen LogP contribution in [0.5, 0.6) is 0 Å². The first-order chi connectivity index (χ1) is 11.0. The minimum absolute atomic E-state index is 0.169. The maximum atomic E-state index is 12.0. The Hall–Kier alpha value is -1.75. The first-order valence-electron chi connectivity index (χ1n) is 6.89. The Kier molecular flexibility index (Phi) is 4.76. The van der Waals surface area contributed by atoms with Gasteiger partial charge in [-0.1, -0.05) is 40.9 Å². The molecule has 0 radical (unpaired) electrons. The molecule has 1 amide bonds. The number of hydrogen-bond acceptors (Lipinski definition) is 2. The number of carbonyl (C=O) groups is 1. The van der Waals surface area contributed by atoms with E-state index in [1.807, 2.05) is 6.20 Å². The number of carbonyl (C=O) groups excluding carboxylic acids is 1. The Balaban J connectivity index is 1.65. The lowest BCUT2D eigenvalue weighted by Crippen LogP contribution is -2.25. The normalized spacial score (nSPS) is 10.9. The Labute approximate surface area is 148 Å². The molecule has 2 heterocycles. The van der Waals surface area contributed by atoms with Crippen LogP contribution in [-0.2, 0) is 6.42 Å². The highest BCUT2D eigenvalue weighted by Crippen LogP contribution is 2.21. The van der Waals surface area contributed by atoms with Crippen molar-refractivity contribution in [3.63, 3.8) is 0 Å². The maximum Gasteiger partial charge on any atom is 0.251 e.